The predicted molar refractivity (Wildman–Crippen MR) is 114 cm³/mol. The number of carboxylic acids is 1. The lowest BCUT2D eigenvalue weighted by molar-refractivity contribution is -0.136. The zero-order valence-electron chi connectivity index (χ0n) is 16.9. The Morgan fingerprint density at radius 3 is 2.76 bits per heavy atom. The van der Waals surface area contributed by atoms with E-state index in [0.717, 1.165) is 52.7 Å². The van der Waals surface area contributed by atoms with E-state index in [1.807, 2.05) is 23.0 Å². The maximum Gasteiger partial charge on any atom is 0.303 e. The van der Waals surface area contributed by atoms with Gasteiger partial charge in [-0.3, -0.25) is 9.48 Å². The molecule has 5 heteroatoms. The summed E-state index contributed by atoms with van der Waals surface area (Å²) in [6.45, 7) is 2.92. The van der Waals surface area contributed by atoms with Gasteiger partial charge in [-0.2, -0.15) is 5.10 Å². The van der Waals surface area contributed by atoms with Crippen LogP contribution in [0.25, 0.3) is 22.0 Å². The Morgan fingerprint density at radius 1 is 1.17 bits per heavy atom. The van der Waals surface area contributed by atoms with E-state index in [1.165, 1.54) is 19.3 Å². The van der Waals surface area contributed by atoms with Crippen molar-refractivity contribution in [3.8, 4) is 16.9 Å². The van der Waals surface area contributed by atoms with Gasteiger partial charge in [0, 0.05) is 23.9 Å². The molecule has 152 valence electrons. The van der Waals surface area contributed by atoms with Crippen molar-refractivity contribution < 1.29 is 14.6 Å². The molecule has 5 nitrogen and oxygen atoms in total. The second kappa shape index (κ2) is 8.68. The summed E-state index contributed by atoms with van der Waals surface area (Å²) < 4.78 is 8.41. The molecule has 1 aliphatic carbocycles. The monoisotopic (exact) mass is 392 g/mol. The Balaban J connectivity index is 1.70. The van der Waals surface area contributed by atoms with E-state index >= 15 is 0 Å². The van der Waals surface area contributed by atoms with Crippen LogP contribution in [0.5, 0.6) is 5.75 Å². The maximum absolute atomic E-state index is 11.0. The van der Waals surface area contributed by atoms with Crippen LogP contribution in [0.15, 0.2) is 42.6 Å². The van der Waals surface area contributed by atoms with Gasteiger partial charge in [-0.25, -0.2) is 0 Å². The fourth-order valence-corrected chi connectivity index (χ4v) is 4.18. The Kier molecular flexibility index (Phi) is 5.84. The maximum atomic E-state index is 11.0. The van der Waals surface area contributed by atoms with E-state index in [2.05, 4.69) is 36.3 Å². The molecule has 0 saturated heterocycles. The Bertz CT molecular complexity index is 1000. The molecule has 1 aromatic heterocycles. The van der Waals surface area contributed by atoms with E-state index in [4.69, 9.17) is 9.84 Å². The molecule has 0 amide bonds. The third-order valence-corrected chi connectivity index (χ3v) is 5.77. The third kappa shape index (κ3) is 4.44. The fraction of sp³-hybridized carbons (Fsp3) is 0.417. The van der Waals surface area contributed by atoms with Crippen molar-refractivity contribution in [2.75, 3.05) is 0 Å². The molecule has 1 N–H and O–H groups in total. The first-order valence-electron chi connectivity index (χ1n) is 10.6. The van der Waals surface area contributed by atoms with Crippen LogP contribution in [0.3, 0.4) is 0 Å². The number of aromatic nitrogens is 2. The van der Waals surface area contributed by atoms with Crippen LogP contribution in [0.1, 0.15) is 51.0 Å². The van der Waals surface area contributed by atoms with Crippen LogP contribution in [-0.4, -0.2) is 27.0 Å². The highest BCUT2D eigenvalue weighted by Crippen LogP contribution is 2.35. The summed E-state index contributed by atoms with van der Waals surface area (Å²) in [7, 11) is 0. The van der Waals surface area contributed by atoms with Crippen LogP contribution in [-0.2, 0) is 17.8 Å². The molecule has 1 saturated carbocycles. The van der Waals surface area contributed by atoms with Gasteiger partial charge in [-0.05, 0) is 74.4 Å². The predicted octanol–water partition coefficient (Wildman–Crippen LogP) is 5.45. The molecular weight excluding hydrogens is 364 g/mol. The molecule has 0 unspecified atom stereocenters. The lowest BCUT2D eigenvalue weighted by atomic mass is 9.96. The van der Waals surface area contributed by atoms with Gasteiger partial charge in [0.2, 0.25) is 0 Å². The first-order chi connectivity index (χ1) is 14.1. The number of nitrogens with zero attached hydrogens (tertiary/aromatic N) is 2. The summed E-state index contributed by atoms with van der Waals surface area (Å²) in [6.07, 6.45) is 8.74. The number of benzene rings is 2. The molecule has 0 aliphatic heterocycles. The molecule has 1 heterocycles. The van der Waals surface area contributed by atoms with E-state index in [-0.39, 0.29) is 12.5 Å². The first kappa shape index (κ1) is 19.5. The smallest absolute Gasteiger partial charge is 0.303 e. The summed E-state index contributed by atoms with van der Waals surface area (Å²) in [6, 6.07) is 12.5. The SMILES string of the molecule is CCn1ncc2cc(-c3cc(CCC(=O)O)ccc3OC3CCCCC3)ccc21. The Morgan fingerprint density at radius 2 is 2.00 bits per heavy atom. The Labute approximate surface area is 171 Å². The lowest BCUT2D eigenvalue weighted by Gasteiger charge is -2.24. The standard InChI is InChI=1S/C24H28N2O3/c1-2-26-22-11-10-18(15-19(22)16-25-26)21-14-17(9-13-24(27)28)8-12-23(21)29-20-6-4-3-5-7-20/h8,10-12,14-16,20H,2-7,9,13H2,1H3,(H,27,28). The highest BCUT2D eigenvalue weighted by atomic mass is 16.5. The van der Waals surface area contributed by atoms with Crippen molar-refractivity contribution >= 4 is 16.9 Å². The molecule has 1 aliphatic rings. The summed E-state index contributed by atoms with van der Waals surface area (Å²) in [5, 5.41) is 14.6. The molecule has 29 heavy (non-hydrogen) atoms. The van der Waals surface area contributed by atoms with Crippen molar-refractivity contribution in [3.63, 3.8) is 0 Å². The quantitative estimate of drug-likeness (QED) is 0.580. The van der Waals surface area contributed by atoms with Crippen molar-refractivity contribution in [1.82, 2.24) is 9.78 Å². The summed E-state index contributed by atoms with van der Waals surface area (Å²) in [5.74, 6) is 0.112. The zero-order valence-corrected chi connectivity index (χ0v) is 16.9. The topological polar surface area (TPSA) is 64.4 Å². The van der Waals surface area contributed by atoms with Crippen LogP contribution < -0.4 is 4.74 Å². The van der Waals surface area contributed by atoms with Crippen molar-refractivity contribution in [2.24, 2.45) is 0 Å². The molecular formula is C24H28N2O3. The van der Waals surface area contributed by atoms with Crippen LogP contribution in [0, 0.1) is 0 Å². The molecule has 2 aromatic carbocycles. The van der Waals surface area contributed by atoms with Crippen LogP contribution >= 0.6 is 0 Å². The summed E-state index contributed by atoms with van der Waals surface area (Å²) in [4.78, 5) is 11.0. The number of carbonyl (C=O) groups is 1. The average molecular weight is 392 g/mol. The molecule has 0 bridgehead atoms. The Hall–Kier alpha value is -2.82. The highest BCUT2D eigenvalue weighted by molar-refractivity contribution is 5.86. The number of rotatable bonds is 7. The molecule has 1 fully saturated rings. The molecule has 3 aromatic rings. The average Bonchev–Trinajstić information content (AvgIpc) is 3.16. The van der Waals surface area contributed by atoms with Crippen LogP contribution in [0.2, 0.25) is 0 Å². The number of carboxylic acid groups (broad SMARTS) is 1. The third-order valence-electron chi connectivity index (χ3n) is 5.77. The summed E-state index contributed by atoms with van der Waals surface area (Å²) >= 11 is 0. The molecule has 0 atom stereocenters. The normalized spacial score (nSPS) is 14.9. The number of fused-ring (bicyclic) bond motifs is 1. The van der Waals surface area contributed by atoms with Gasteiger partial charge >= 0.3 is 5.97 Å². The summed E-state index contributed by atoms with van der Waals surface area (Å²) in [5.41, 5.74) is 4.25. The van der Waals surface area contributed by atoms with Gasteiger partial charge in [0.15, 0.2) is 0 Å². The second-order valence-electron chi connectivity index (χ2n) is 7.84. The minimum Gasteiger partial charge on any atom is -0.490 e. The van der Waals surface area contributed by atoms with Gasteiger partial charge in [0.1, 0.15) is 5.75 Å². The second-order valence-corrected chi connectivity index (χ2v) is 7.84. The van der Waals surface area contributed by atoms with E-state index in [1.54, 1.807) is 0 Å². The van der Waals surface area contributed by atoms with E-state index in [0.29, 0.717) is 6.42 Å². The van der Waals surface area contributed by atoms with Crippen molar-refractivity contribution in [1.29, 1.82) is 0 Å². The molecule has 0 radical (unpaired) electrons. The first-order valence-corrected chi connectivity index (χ1v) is 10.6. The van der Waals surface area contributed by atoms with Gasteiger partial charge in [-0.1, -0.05) is 18.6 Å². The number of ether oxygens (including phenoxy) is 1. The van der Waals surface area contributed by atoms with E-state index < -0.39 is 5.97 Å². The minimum absolute atomic E-state index is 0.130. The number of hydrogen-bond acceptors (Lipinski definition) is 3. The lowest BCUT2D eigenvalue weighted by Crippen LogP contribution is -2.20. The molecule has 4 rings (SSSR count). The highest BCUT2D eigenvalue weighted by Gasteiger charge is 2.18. The molecule has 0 spiro atoms. The fourth-order valence-electron chi connectivity index (χ4n) is 4.18. The van der Waals surface area contributed by atoms with Crippen molar-refractivity contribution in [3.05, 3.63) is 48.2 Å². The van der Waals surface area contributed by atoms with Gasteiger partial charge < -0.3 is 9.84 Å². The van der Waals surface area contributed by atoms with Gasteiger partial charge in [0.05, 0.1) is 17.8 Å². The largest absolute Gasteiger partial charge is 0.490 e. The van der Waals surface area contributed by atoms with Gasteiger partial charge in [-0.15, -0.1) is 0 Å². The van der Waals surface area contributed by atoms with Crippen molar-refractivity contribution in [2.45, 2.75) is 64.5 Å². The van der Waals surface area contributed by atoms with E-state index in [9.17, 15) is 4.79 Å². The number of aryl methyl sites for hydroxylation is 2. The van der Waals surface area contributed by atoms with Crippen LogP contribution in [0.4, 0.5) is 0 Å². The van der Waals surface area contributed by atoms with Gasteiger partial charge in [0.25, 0.3) is 0 Å². The number of hydrogen-bond donors (Lipinski definition) is 1. The minimum atomic E-state index is -0.775. The number of aliphatic carboxylic acids is 1. The zero-order chi connectivity index (χ0) is 20.2.